The summed E-state index contributed by atoms with van der Waals surface area (Å²) in [5.74, 6) is -1.84. The third kappa shape index (κ3) is 4.25. The van der Waals surface area contributed by atoms with Gasteiger partial charge in [0.2, 0.25) is 10.0 Å². The molecule has 0 aliphatic rings. The summed E-state index contributed by atoms with van der Waals surface area (Å²) in [5.41, 5.74) is -0.486. The molecular formula is C14H20FNO4S. The van der Waals surface area contributed by atoms with Crippen molar-refractivity contribution >= 4 is 16.0 Å². The number of aromatic carboxylic acids is 1. The second-order valence-electron chi connectivity index (χ2n) is 5.46. The van der Waals surface area contributed by atoms with Crippen LogP contribution >= 0.6 is 0 Å². The smallest absolute Gasteiger partial charge is 0.335 e. The van der Waals surface area contributed by atoms with Gasteiger partial charge in [-0.05, 0) is 30.9 Å². The van der Waals surface area contributed by atoms with Crippen LogP contribution in [0.25, 0.3) is 0 Å². The van der Waals surface area contributed by atoms with Crippen LogP contribution in [0.3, 0.4) is 0 Å². The molecule has 1 aromatic rings. The van der Waals surface area contributed by atoms with Crippen LogP contribution < -0.4 is 4.72 Å². The minimum absolute atomic E-state index is 0.0929. The normalized spacial score (nSPS) is 13.4. The standard InChI is InChI=1S/C14H20FNO4S/c1-8(2)9(3)7-16-21(19,20)13-6-11(14(17)18)5-12(15)10(13)4/h5-6,8-9,16H,7H2,1-4H3,(H,17,18). The Morgan fingerprint density at radius 3 is 2.38 bits per heavy atom. The molecular weight excluding hydrogens is 297 g/mol. The first-order valence-corrected chi connectivity index (χ1v) is 8.07. The number of carboxylic acid groups (broad SMARTS) is 1. The molecule has 0 fully saturated rings. The van der Waals surface area contributed by atoms with Gasteiger partial charge in [-0.3, -0.25) is 0 Å². The molecule has 1 unspecified atom stereocenters. The van der Waals surface area contributed by atoms with Crippen LogP contribution in [0, 0.1) is 24.6 Å². The first kappa shape index (κ1) is 17.6. The van der Waals surface area contributed by atoms with Gasteiger partial charge in [0.15, 0.2) is 0 Å². The van der Waals surface area contributed by atoms with Crippen molar-refractivity contribution in [3.8, 4) is 0 Å². The Kier molecular flexibility index (Phi) is 5.47. The van der Waals surface area contributed by atoms with Crippen LogP contribution in [0.5, 0.6) is 0 Å². The molecule has 21 heavy (non-hydrogen) atoms. The maximum Gasteiger partial charge on any atom is 0.335 e. The molecule has 0 bridgehead atoms. The van der Waals surface area contributed by atoms with Gasteiger partial charge in [0.25, 0.3) is 0 Å². The van der Waals surface area contributed by atoms with Crippen LogP contribution in [-0.4, -0.2) is 26.0 Å². The van der Waals surface area contributed by atoms with E-state index in [2.05, 4.69) is 4.72 Å². The van der Waals surface area contributed by atoms with E-state index in [1.54, 1.807) is 0 Å². The summed E-state index contributed by atoms with van der Waals surface area (Å²) in [6.07, 6.45) is 0. The maximum atomic E-state index is 13.7. The fourth-order valence-electron chi connectivity index (χ4n) is 1.61. The molecule has 0 heterocycles. The molecule has 1 atom stereocenters. The number of rotatable bonds is 6. The van der Waals surface area contributed by atoms with E-state index in [0.29, 0.717) is 0 Å². The van der Waals surface area contributed by atoms with E-state index in [0.717, 1.165) is 12.1 Å². The molecule has 1 aromatic carbocycles. The summed E-state index contributed by atoms with van der Waals surface area (Å²) >= 11 is 0. The van der Waals surface area contributed by atoms with E-state index in [-0.39, 0.29) is 28.8 Å². The average molecular weight is 317 g/mol. The molecule has 0 amide bonds. The molecule has 118 valence electrons. The summed E-state index contributed by atoms with van der Waals surface area (Å²) in [6, 6.07) is 1.79. The van der Waals surface area contributed by atoms with E-state index in [4.69, 9.17) is 5.11 Å². The van der Waals surface area contributed by atoms with Crippen LogP contribution in [0.1, 0.15) is 36.7 Å². The van der Waals surface area contributed by atoms with Gasteiger partial charge < -0.3 is 5.11 Å². The highest BCUT2D eigenvalue weighted by Gasteiger charge is 2.22. The van der Waals surface area contributed by atoms with Crippen LogP contribution in [-0.2, 0) is 10.0 Å². The monoisotopic (exact) mass is 317 g/mol. The summed E-state index contributed by atoms with van der Waals surface area (Å²) in [4.78, 5) is 10.6. The second kappa shape index (κ2) is 6.53. The number of halogens is 1. The van der Waals surface area contributed by atoms with E-state index in [1.165, 1.54) is 6.92 Å². The Morgan fingerprint density at radius 2 is 1.90 bits per heavy atom. The lowest BCUT2D eigenvalue weighted by Crippen LogP contribution is -2.31. The highest BCUT2D eigenvalue weighted by molar-refractivity contribution is 7.89. The van der Waals surface area contributed by atoms with Crippen molar-refractivity contribution in [2.24, 2.45) is 11.8 Å². The van der Waals surface area contributed by atoms with Gasteiger partial charge >= 0.3 is 5.97 Å². The summed E-state index contributed by atoms with van der Waals surface area (Å²) in [6.45, 7) is 7.35. The van der Waals surface area contributed by atoms with Crippen molar-refractivity contribution in [1.29, 1.82) is 0 Å². The zero-order valence-corrected chi connectivity index (χ0v) is 13.3. The molecule has 0 aliphatic carbocycles. The SMILES string of the molecule is Cc1c(F)cc(C(=O)O)cc1S(=O)(=O)NCC(C)C(C)C. The second-order valence-corrected chi connectivity index (χ2v) is 7.19. The van der Waals surface area contributed by atoms with Gasteiger partial charge in [-0.15, -0.1) is 0 Å². The molecule has 2 N–H and O–H groups in total. The average Bonchev–Trinajstić information content (AvgIpc) is 2.38. The van der Waals surface area contributed by atoms with Gasteiger partial charge in [-0.25, -0.2) is 22.3 Å². The highest BCUT2D eigenvalue weighted by Crippen LogP contribution is 2.21. The Bertz CT molecular complexity index is 641. The predicted molar refractivity (Wildman–Crippen MR) is 77.3 cm³/mol. The Morgan fingerprint density at radius 1 is 1.33 bits per heavy atom. The van der Waals surface area contributed by atoms with Gasteiger partial charge in [-0.2, -0.15) is 0 Å². The zero-order valence-electron chi connectivity index (χ0n) is 12.5. The largest absolute Gasteiger partial charge is 0.478 e. The molecule has 7 heteroatoms. The minimum atomic E-state index is -3.95. The number of nitrogens with one attached hydrogen (secondary N) is 1. The molecule has 0 saturated carbocycles. The minimum Gasteiger partial charge on any atom is -0.478 e. The van der Waals surface area contributed by atoms with Crippen molar-refractivity contribution in [3.05, 3.63) is 29.1 Å². The summed E-state index contributed by atoms with van der Waals surface area (Å²) in [5, 5.41) is 8.90. The Labute approximate surface area is 124 Å². The van der Waals surface area contributed by atoms with Gasteiger partial charge in [0.1, 0.15) is 5.82 Å². The van der Waals surface area contributed by atoms with Gasteiger partial charge in [-0.1, -0.05) is 20.8 Å². The van der Waals surface area contributed by atoms with Crippen molar-refractivity contribution in [2.45, 2.75) is 32.6 Å². The van der Waals surface area contributed by atoms with Crippen LogP contribution in [0.2, 0.25) is 0 Å². The van der Waals surface area contributed by atoms with E-state index >= 15 is 0 Å². The maximum absolute atomic E-state index is 13.7. The molecule has 0 aliphatic heterocycles. The van der Waals surface area contributed by atoms with Crippen molar-refractivity contribution < 1.29 is 22.7 Å². The number of hydrogen-bond acceptors (Lipinski definition) is 3. The Hall–Kier alpha value is -1.47. The van der Waals surface area contributed by atoms with Crippen LogP contribution in [0.15, 0.2) is 17.0 Å². The third-order valence-electron chi connectivity index (χ3n) is 3.57. The molecule has 0 radical (unpaired) electrons. The molecule has 0 saturated heterocycles. The lowest BCUT2D eigenvalue weighted by atomic mass is 9.99. The topological polar surface area (TPSA) is 83.5 Å². The fraction of sp³-hybridized carbons (Fsp3) is 0.500. The predicted octanol–water partition coefficient (Wildman–Crippen LogP) is 2.40. The number of sulfonamides is 1. The molecule has 5 nitrogen and oxygen atoms in total. The van der Waals surface area contributed by atoms with E-state index in [1.807, 2.05) is 20.8 Å². The van der Waals surface area contributed by atoms with Crippen molar-refractivity contribution in [1.82, 2.24) is 4.72 Å². The summed E-state index contributed by atoms with van der Waals surface area (Å²) in [7, 11) is -3.95. The van der Waals surface area contributed by atoms with E-state index < -0.39 is 27.4 Å². The lowest BCUT2D eigenvalue weighted by molar-refractivity contribution is 0.0696. The lowest BCUT2D eigenvalue weighted by Gasteiger charge is -2.17. The number of carboxylic acids is 1. The quantitative estimate of drug-likeness (QED) is 0.844. The van der Waals surface area contributed by atoms with Crippen molar-refractivity contribution in [2.75, 3.05) is 6.54 Å². The van der Waals surface area contributed by atoms with Gasteiger partial charge in [0.05, 0.1) is 10.5 Å². The molecule has 1 rings (SSSR count). The Balaban J connectivity index is 3.16. The zero-order chi connectivity index (χ0) is 16.4. The molecule has 0 aromatic heterocycles. The first-order valence-electron chi connectivity index (χ1n) is 6.59. The number of carbonyl (C=O) groups is 1. The van der Waals surface area contributed by atoms with Gasteiger partial charge in [0, 0.05) is 12.1 Å². The first-order chi connectivity index (χ1) is 9.56. The summed E-state index contributed by atoms with van der Waals surface area (Å²) < 4.78 is 40.6. The molecule has 0 spiro atoms. The van der Waals surface area contributed by atoms with E-state index in [9.17, 15) is 17.6 Å². The fourth-order valence-corrected chi connectivity index (χ4v) is 3.03. The number of hydrogen-bond donors (Lipinski definition) is 2. The highest BCUT2D eigenvalue weighted by atomic mass is 32.2. The third-order valence-corrected chi connectivity index (χ3v) is 5.12. The van der Waals surface area contributed by atoms with Crippen molar-refractivity contribution in [3.63, 3.8) is 0 Å². The van der Waals surface area contributed by atoms with Crippen LogP contribution in [0.4, 0.5) is 4.39 Å². The number of benzene rings is 1.